The molecule has 1 aliphatic rings. The highest BCUT2D eigenvalue weighted by molar-refractivity contribution is 7.97. The second kappa shape index (κ2) is 12.0. The van der Waals surface area contributed by atoms with Crippen LogP contribution in [0.3, 0.4) is 0 Å². The van der Waals surface area contributed by atoms with Crippen molar-refractivity contribution in [2.75, 3.05) is 25.9 Å². The molecule has 0 aliphatic carbocycles. The Kier molecular flexibility index (Phi) is 9.55. The summed E-state index contributed by atoms with van der Waals surface area (Å²) in [7, 11) is -1.19. The van der Waals surface area contributed by atoms with Gasteiger partial charge in [0.2, 0.25) is 10.2 Å². The van der Waals surface area contributed by atoms with Gasteiger partial charge in [0.15, 0.2) is 4.90 Å². The number of amides is 1. The minimum absolute atomic E-state index is 0.0819. The number of nitrogens with zero attached hydrogens (tertiary/aromatic N) is 1. The third-order valence-corrected chi connectivity index (χ3v) is 8.86. The molecular formula is C25H34Cl2N3O3S+. The quantitative estimate of drug-likeness (QED) is 0.399. The van der Waals surface area contributed by atoms with Crippen molar-refractivity contribution < 1.29 is 13.6 Å². The first-order valence-electron chi connectivity index (χ1n) is 11.7. The first-order valence-corrected chi connectivity index (χ1v) is 14.1. The van der Waals surface area contributed by atoms with Crippen LogP contribution in [0.2, 0.25) is 10.0 Å². The van der Waals surface area contributed by atoms with Gasteiger partial charge in [-0.3, -0.25) is 9.69 Å². The highest BCUT2D eigenvalue weighted by Crippen LogP contribution is 2.27. The van der Waals surface area contributed by atoms with Gasteiger partial charge in [-0.25, -0.2) is 0 Å². The number of likely N-dealkylation sites (N-methyl/N-ethyl adjacent to an activating group) is 1. The molecule has 1 amide bonds. The highest BCUT2D eigenvalue weighted by atomic mass is 35.5. The SMILES string of the molecule is CCc1cc(C(=O)NCc2cc(Cl)ccc2[S+](=O)(O)CC)cc(Cl)c1CN1CCC[C@H](NC)C1. The van der Waals surface area contributed by atoms with Gasteiger partial charge in [-0.15, -0.1) is 0 Å². The summed E-state index contributed by atoms with van der Waals surface area (Å²) in [5.41, 5.74) is 3.12. The van der Waals surface area contributed by atoms with Gasteiger partial charge in [0, 0.05) is 46.8 Å². The summed E-state index contributed by atoms with van der Waals surface area (Å²) in [5.74, 6) is -0.207. The van der Waals surface area contributed by atoms with Crippen molar-refractivity contribution in [1.82, 2.24) is 15.5 Å². The first kappa shape index (κ1) is 27.1. The van der Waals surface area contributed by atoms with Crippen molar-refractivity contribution in [3.8, 4) is 0 Å². The first-order chi connectivity index (χ1) is 16.2. The highest BCUT2D eigenvalue weighted by Gasteiger charge is 2.30. The van der Waals surface area contributed by atoms with Crippen molar-refractivity contribution in [3.63, 3.8) is 0 Å². The maximum Gasteiger partial charge on any atom is 0.251 e. The van der Waals surface area contributed by atoms with Crippen LogP contribution in [0.4, 0.5) is 0 Å². The lowest BCUT2D eigenvalue weighted by molar-refractivity contribution is 0.0950. The molecule has 186 valence electrons. The summed E-state index contributed by atoms with van der Waals surface area (Å²) in [6.07, 6.45) is 3.09. The van der Waals surface area contributed by atoms with Crippen molar-refractivity contribution in [2.24, 2.45) is 0 Å². The Morgan fingerprint density at radius 1 is 1.21 bits per heavy atom. The van der Waals surface area contributed by atoms with E-state index >= 15 is 0 Å². The number of piperidine rings is 1. The summed E-state index contributed by atoms with van der Waals surface area (Å²) in [6, 6.07) is 8.85. The lowest BCUT2D eigenvalue weighted by Gasteiger charge is -2.33. The maximum absolute atomic E-state index is 13.0. The van der Waals surface area contributed by atoms with Gasteiger partial charge in [0.05, 0.1) is 0 Å². The minimum atomic E-state index is -3.19. The monoisotopic (exact) mass is 526 g/mol. The molecule has 9 heteroatoms. The van der Waals surface area contributed by atoms with Crippen LogP contribution in [-0.2, 0) is 33.9 Å². The molecule has 1 aliphatic heterocycles. The zero-order valence-electron chi connectivity index (χ0n) is 20.0. The van der Waals surface area contributed by atoms with Crippen LogP contribution in [-0.4, -0.2) is 47.3 Å². The van der Waals surface area contributed by atoms with E-state index in [1.165, 1.54) is 6.42 Å². The van der Waals surface area contributed by atoms with Crippen LogP contribution in [0.1, 0.15) is 53.7 Å². The smallest absolute Gasteiger partial charge is 0.251 e. The lowest BCUT2D eigenvalue weighted by Crippen LogP contribution is -2.44. The van der Waals surface area contributed by atoms with Crippen LogP contribution in [0.5, 0.6) is 0 Å². The molecule has 6 nitrogen and oxygen atoms in total. The van der Waals surface area contributed by atoms with Gasteiger partial charge < -0.3 is 10.6 Å². The van der Waals surface area contributed by atoms with Gasteiger partial charge in [-0.1, -0.05) is 34.3 Å². The second-order valence-electron chi connectivity index (χ2n) is 8.68. The van der Waals surface area contributed by atoms with Gasteiger partial charge in [-0.2, -0.15) is 4.55 Å². The Morgan fingerprint density at radius 3 is 2.65 bits per heavy atom. The minimum Gasteiger partial charge on any atom is -0.348 e. The summed E-state index contributed by atoms with van der Waals surface area (Å²) in [4.78, 5) is 15.7. The molecule has 1 unspecified atom stereocenters. The largest absolute Gasteiger partial charge is 0.348 e. The predicted octanol–water partition coefficient (Wildman–Crippen LogP) is 5.02. The second-order valence-corrected chi connectivity index (χ2v) is 11.8. The third kappa shape index (κ3) is 6.59. The van der Waals surface area contributed by atoms with Gasteiger partial charge in [0.1, 0.15) is 5.75 Å². The summed E-state index contributed by atoms with van der Waals surface area (Å²) < 4.78 is 22.8. The molecule has 1 heterocycles. The van der Waals surface area contributed by atoms with E-state index in [9.17, 15) is 13.6 Å². The number of hydrogen-bond donors (Lipinski definition) is 3. The molecule has 2 aromatic carbocycles. The number of benzene rings is 2. The van der Waals surface area contributed by atoms with Crippen LogP contribution >= 0.6 is 23.2 Å². The van der Waals surface area contributed by atoms with Crippen molar-refractivity contribution in [2.45, 2.75) is 57.1 Å². The zero-order valence-corrected chi connectivity index (χ0v) is 22.3. The van der Waals surface area contributed by atoms with E-state index in [0.29, 0.717) is 32.1 Å². The molecule has 3 N–H and O–H groups in total. The van der Waals surface area contributed by atoms with E-state index in [0.717, 1.165) is 43.6 Å². The Labute approximate surface area is 213 Å². The number of carbonyl (C=O) groups is 1. The summed E-state index contributed by atoms with van der Waals surface area (Å²) in [6.45, 7) is 6.57. The fraction of sp³-hybridized carbons (Fsp3) is 0.480. The molecule has 3 rings (SSSR count). The van der Waals surface area contributed by atoms with Crippen molar-refractivity contribution in [3.05, 3.63) is 62.6 Å². The summed E-state index contributed by atoms with van der Waals surface area (Å²) in [5, 5.41) is 7.26. The standard InChI is InChI=1S/C25H33Cl2N3O3S/c1-4-17-11-18(13-23(27)22(17)16-30-10-6-7-21(15-30)28-3)25(31)29-14-19-12-20(26)8-9-24(19)34(32,33)5-2/h8-9,11-13,21,28H,4-7,10,14-16H2,1-3H3,(H-,29,31,32,33)/p+1/t21-/m0/s1. The van der Waals surface area contributed by atoms with E-state index in [1.807, 2.05) is 13.1 Å². The number of halogens is 2. The topological polar surface area (TPSA) is 81.7 Å². The number of likely N-dealkylation sites (tertiary alicyclic amines) is 1. The molecule has 2 atom stereocenters. The predicted molar refractivity (Wildman–Crippen MR) is 140 cm³/mol. The van der Waals surface area contributed by atoms with Crippen LogP contribution in [0, 0.1) is 0 Å². The molecule has 0 aromatic heterocycles. The molecular weight excluding hydrogens is 493 g/mol. The third-order valence-electron chi connectivity index (χ3n) is 6.42. The number of nitrogens with one attached hydrogen (secondary N) is 2. The lowest BCUT2D eigenvalue weighted by atomic mass is 9.99. The van der Waals surface area contributed by atoms with Gasteiger partial charge >= 0.3 is 0 Å². The van der Waals surface area contributed by atoms with Gasteiger partial charge in [-0.05, 0) is 81.2 Å². The van der Waals surface area contributed by atoms with Crippen LogP contribution < -0.4 is 10.6 Å². The number of rotatable bonds is 9. The van der Waals surface area contributed by atoms with Crippen LogP contribution in [0.25, 0.3) is 0 Å². The average molecular weight is 528 g/mol. The van der Waals surface area contributed by atoms with E-state index in [2.05, 4.69) is 22.5 Å². The molecule has 2 aromatic rings. The fourth-order valence-electron chi connectivity index (χ4n) is 4.41. The molecule has 1 fully saturated rings. The Balaban J connectivity index is 1.77. The van der Waals surface area contributed by atoms with Crippen LogP contribution in [0.15, 0.2) is 35.2 Å². The van der Waals surface area contributed by atoms with E-state index < -0.39 is 10.2 Å². The number of carbonyl (C=O) groups excluding carboxylic acids is 1. The molecule has 0 bridgehead atoms. The van der Waals surface area contributed by atoms with Crippen molar-refractivity contribution in [1.29, 1.82) is 0 Å². The maximum atomic E-state index is 13.0. The van der Waals surface area contributed by atoms with Crippen molar-refractivity contribution >= 4 is 39.3 Å². The molecule has 0 spiro atoms. The fourth-order valence-corrected chi connectivity index (χ4v) is 6.03. The Morgan fingerprint density at radius 2 is 1.97 bits per heavy atom. The average Bonchev–Trinajstić information content (AvgIpc) is 2.83. The zero-order chi connectivity index (χ0) is 24.9. The van der Waals surface area contributed by atoms with E-state index in [-0.39, 0.29) is 18.2 Å². The normalized spacial score (nSPS) is 18.5. The van der Waals surface area contributed by atoms with E-state index in [1.54, 1.807) is 31.2 Å². The number of hydrogen-bond acceptors (Lipinski definition) is 4. The molecule has 1 saturated heterocycles. The molecule has 0 radical (unpaired) electrons. The Bertz CT molecular complexity index is 1080. The van der Waals surface area contributed by atoms with Gasteiger partial charge in [0.25, 0.3) is 5.91 Å². The molecule has 34 heavy (non-hydrogen) atoms. The summed E-state index contributed by atoms with van der Waals surface area (Å²) >= 11 is 12.8. The number of aryl methyl sites for hydroxylation is 1. The Hall–Kier alpha value is -1.48. The van der Waals surface area contributed by atoms with E-state index in [4.69, 9.17) is 23.2 Å². The molecule has 0 saturated carbocycles.